The van der Waals surface area contributed by atoms with Crippen molar-refractivity contribution in [1.82, 2.24) is 0 Å². The minimum absolute atomic E-state index is 0.0497. The molecule has 0 aromatic heterocycles. The zero-order valence-corrected chi connectivity index (χ0v) is 11.2. The Morgan fingerprint density at radius 2 is 1.84 bits per heavy atom. The molecule has 2 rings (SSSR count). The van der Waals surface area contributed by atoms with Crippen molar-refractivity contribution in [2.75, 3.05) is 6.61 Å². The van der Waals surface area contributed by atoms with Crippen LogP contribution in [0.15, 0.2) is 0 Å². The Labute approximate surface area is 111 Å². The molecule has 0 aliphatic carbocycles. The maximum absolute atomic E-state index is 11.0. The highest BCUT2D eigenvalue weighted by Gasteiger charge is 2.55. The molecule has 7 nitrogen and oxygen atoms in total. The van der Waals surface area contributed by atoms with Crippen molar-refractivity contribution in [3.05, 3.63) is 0 Å². The van der Waals surface area contributed by atoms with Crippen LogP contribution in [-0.4, -0.2) is 50.3 Å². The van der Waals surface area contributed by atoms with Gasteiger partial charge in [0.2, 0.25) is 6.29 Å². The third kappa shape index (κ3) is 3.26. The first-order chi connectivity index (χ1) is 9.01. The molecule has 0 aromatic carbocycles. The lowest BCUT2D eigenvalue weighted by molar-refractivity contribution is -0.188. The van der Waals surface area contributed by atoms with Crippen LogP contribution < -0.4 is 0 Å². The Bertz CT molecular complexity index is 361. The Kier molecular flexibility index (Phi) is 4.44. The molecular formula is C11H17BO7. The van der Waals surface area contributed by atoms with E-state index in [2.05, 4.69) is 0 Å². The van der Waals surface area contributed by atoms with Crippen molar-refractivity contribution in [3.8, 4) is 0 Å². The molecule has 106 valence electrons. The first kappa shape index (κ1) is 14.3. The van der Waals surface area contributed by atoms with Crippen molar-refractivity contribution >= 4 is 19.1 Å². The average molecular weight is 272 g/mol. The van der Waals surface area contributed by atoms with Gasteiger partial charge in [-0.25, -0.2) is 0 Å². The molecule has 4 atom stereocenters. The Morgan fingerprint density at radius 1 is 1.16 bits per heavy atom. The quantitative estimate of drug-likeness (QED) is 0.531. The van der Waals surface area contributed by atoms with Crippen molar-refractivity contribution in [2.24, 2.45) is 0 Å². The van der Waals surface area contributed by atoms with Crippen LogP contribution in [0.1, 0.15) is 20.8 Å². The lowest BCUT2D eigenvalue weighted by Crippen LogP contribution is -2.33. The maximum Gasteiger partial charge on any atom is 0.457 e. The van der Waals surface area contributed by atoms with Gasteiger partial charge < -0.3 is 23.5 Å². The second-order valence-corrected chi connectivity index (χ2v) is 4.49. The van der Waals surface area contributed by atoms with Gasteiger partial charge in [0.1, 0.15) is 24.9 Å². The number of carbonyl (C=O) groups is 2. The van der Waals surface area contributed by atoms with Gasteiger partial charge in [-0.3, -0.25) is 9.59 Å². The first-order valence-corrected chi connectivity index (χ1v) is 6.28. The SMILES string of the molecule is CCB1OC2C(COC(C)=O)OC(OC(C)=O)C2O1. The monoisotopic (exact) mass is 272 g/mol. The number of rotatable bonds is 4. The summed E-state index contributed by atoms with van der Waals surface area (Å²) in [6, 6.07) is 0. The fraction of sp³-hybridized carbons (Fsp3) is 0.818. The maximum atomic E-state index is 11.0. The Hall–Kier alpha value is -1.12. The molecule has 0 N–H and O–H groups in total. The van der Waals surface area contributed by atoms with Crippen LogP contribution in [0.4, 0.5) is 0 Å². The van der Waals surface area contributed by atoms with Crippen LogP contribution in [0.25, 0.3) is 0 Å². The van der Waals surface area contributed by atoms with Crippen LogP contribution in [0, 0.1) is 0 Å². The Balaban J connectivity index is 2.01. The van der Waals surface area contributed by atoms with E-state index >= 15 is 0 Å². The van der Waals surface area contributed by atoms with Crippen LogP contribution in [0.3, 0.4) is 0 Å². The van der Waals surface area contributed by atoms with Crippen LogP contribution in [0.2, 0.25) is 6.32 Å². The predicted octanol–water partition coefficient (Wildman–Crippen LogP) is 0.130. The third-order valence-electron chi connectivity index (χ3n) is 2.95. The fourth-order valence-corrected chi connectivity index (χ4v) is 2.17. The summed E-state index contributed by atoms with van der Waals surface area (Å²) in [4.78, 5) is 21.9. The summed E-state index contributed by atoms with van der Waals surface area (Å²) in [6.07, 6.45) is -1.50. The molecule has 0 aromatic rings. The number of esters is 2. The van der Waals surface area contributed by atoms with Gasteiger partial charge in [-0.2, -0.15) is 0 Å². The summed E-state index contributed by atoms with van der Waals surface area (Å²) < 4.78 is 26.8. The van der Waals surface area contributed by atoms with Crippen LogP contribution >= 0.6 is 0 Å². The summed E-state index contributed by atoms with van der Waals surface area (Å²) in [5.74, 6) is -0.859. The van der Waals surface area contributed by atoms with E-state index in [0.717, 1.165) is 0 Å². The summed E-state index contributed by atoms with van der Waals surface area (Å²) in [7, 11) is -0.350. The van der Waals surface area contributed by atoms with E-state index < -0.39 is 36.5 Å². The topological polar surface area (TPSA) is 80.3 Å². The highest BCUT2D eigenvalue weighted by molar-refractivity contribution is 6.45. The molecule has 2 aliphatic heterocycles. The van der Waals surface area contributed by atoms with Gasteiger partial charge in [0.25, 0.3) is 0 Å². The van der Waals surface area contributed by atoms with E-state index in [1.807, 2.05) is 6.92 Å². The first-order valence-electron chi connectivity index (χ1n) is 6.28. The molecule has 0 amide bonds. The Morgan fingerprint density at radius 3 is 2.42 bits per heavy atom. The third-order valence-corrected chi connectivity index (χ3v) is 2.95. The number of fused-ring (bicyclic) bond motifs is 1. The lowest BCUT2D eigenvalue weighted by Gasteiger charge is -2.17. The van der Waals surface area contributed by atoms with Crippen molar-refractivity contribution in [3.63, 3.8) is 0 Å². The highest BCUT2D eigenvalue weighted by Crippen LogP contribution is 2.34. The predicted molar refractivity (Wildman–Crippen MR) is 63.0 cm³/mol. The van der Waals surface area contributed by atoms with Crippen molar-refractivity contribution in [1.29, 1.82) is 0 Å². The molecule has 0 saturated carbocycles. The average Bonchev–Trinajstić information content (AvgIpc) is 2.86. The lowest BCUT2D eigenvalue weighted by atomic mass is 9.87. The summed E-state index contributed by atoms with van der Waals surface area (Å²) >= 11 is 0. The molecule has 2 fully saturated rings. The molecule has 2 aliphatic rings. The summed E-state index contributed by atoms with van der Waals surface area (Å²) in [5, 5.41) is 0. The highest BCUT2D eigenvalue weighted by atomic mass is 16.8. The van der Waals surface area contributed by atoms with E-state index in [0.29, 0.717) is 6.32 Å². The van der Waals surface area contributed by atoms with Crippen LogP contribution in [-0.2, 0) is 33.1 Å². The van der Waals surface area contributed by atoms with Crippen LogP contribution in [0.5, 0.6) is 0 Å². The minimum Gasteiger partial charge on any atom is -0.463 e. The second kappa shape index (κ2) is 5.89. The molecule has 0 spiro atoms. The van der Waals surface area contributed by atoms with Gasteiger partial charge in [-0.05, 0) is 6.32 Å². The van der Waals surface area contributed by atoms with E-state index in [1.54, 1.807) is 0 Å². The largest absolute Gasteiger partial charge is 0.463 e. The smallest absolute Gasteiger partial charge is 0.457 e. The minimum atomic E-state index is -0.820. The van der Waals surface area contributed by atoms with Gasteiger partial charge in [0.15, 0.2) is 0 Å². The number of hydrogen-bond donors (Lipinski definition) is 0. The second-order valence-electron chi connectivity index (χ2n) is 4.49. The van der Waals surface area contributed by atoms with Gasteiger partial charge in [-0.1, -0.05) is 6.92 Å². The normalized spacial score (nSPS) is 33.1. The van der Waals surface area contributed by atoms with Crippen molar-refractivity contribution < 1.29 is 33.1 Å². The van der Waals surface area contributed by atoms with Gasteiger partial charge in [-0.15, -0.1) is 0 Å². The van der Waals surface area contributed by atoms with E-state index in [1.165, 1.54) is 13.8 Å². The van der Waals surface area contributed by atoms with E-state index in [4.69, 9.17) is 23.5 Å². The molecule has 8 heteroatoms. The molecule has 4 unspecified atom stereocenters. The molecule has 19 heavy (non-hydrogen) atoms. The van der Waals surface area contributed by atoms with Gasteiger partial charge in [0.05, 0.1) is 0 Å². The zero-order chi connectivity index (χ0) is 14.0. The molecular weight excluding hydrogens is 255 g/mol. The molecule has 0 radical (unpaired) electrons. The zero-order valence-electron chi connectivity index (χ0n) is 11.2. The van der Waals surface area contributed by atoms with E-state index in [9.17, 15) is 9.59 Å². The fourth-order valence-electron chi connectivity index (χ4n) is 2.17. The standard InChI is InChI=1S/C11H17BO7/c1-4-12-18-9-8(5-15-6(2)13)17-11(10(9)19-12)16-7(3)14/h8-11H,4-5H2,1-3H3. The number of hydrogen-bond acceptors (Lipinski definition) is 7. The van der Waals surface area contributed by atoms with Gasteiger partial charge in [0, 0.05) is 13.8 Å². The van der Waals surface area contributed by atoms with E-state index in [-0.39, 0.29) is 13.7 Å². The summed E-state index contributed by atoms with van der Waals surface area (Å²) in [6.45, 7) is 4.59. The summed E-state index contributed by atoms with van der Waals surface area (Å²) in [5.41, 5.74) is 0. The number of carbonyl (C=O) groups excluding carboxylic acids is 2. The van der Waals surface area contributed by atoms with Gasteiger partial charge >= 0.3 is 19.1 Å². The molecule has 0 bridgehead atoms. The number of ether oxygens (including phenoxy) is 3. The van der Waals surface area contributed by atoms with Crippen molar-refractivity contribution in [2.45, 2.75) is 51.7 Å². The molecule has 2 saturated heterocycles. The molecule has 2 heterocycles.